The lowest BCUT2D eigenvalue weighted by Crippen LogP contribution is -2.48. The molecule has 2 aromatic carbocycles. The first kappa shape index (κ1) is 18.5. The zero-order chi connectivity index (χ0) is 17.7. The molecule has 0 aliphatic carbocycles. The Morgan fingerprint density at radius 2 is 1.75 bits per heavy atom. The summed E-state index contributed by atoms with van der Waals surface area (Å²) in [6.07, 6.45) is 0. The topological polar surface area (TPSA) is 50.4 Å². The maximum Gasteiger partial charge on any atom is 0.320 e. The molecule has 4 nitrogen and oxygen atoms in total. The van der Waals surface area contributed by atoms with Crippen LogP contribution in [0.3, 0.4) is 0 Å². The molecule has 0 unspecified atom stereocenters. The van der Waals surface area contributed by atoms with Crippen LogP contribution in [0.1, 0.15) is 23.6 Å². The van der Waals surface area contributed by atoms with Crippen LogP contribution in [0, 0.1) is 13.8 Å². The van der Waals surface area contributed by atoms with E-state index in [0.717, 1.165) is 26.9 Å². The molecule has 2 N–H and O–H groups in total. The molecule has 0 radical (unpaired) electrons. The van der Waals surface area contributed by atoms with E-state index in [0.29, 0.717) is 6.61 Å². The highest BCUT2D eigenvalue weighted by Gasteiger charge is 2.28. The summed E-state index contributed by atoms with van der Waals surface area (Å²) in [6.45, 7) is 6.27. The van der Waals surface area contributed by atoms with E-state index in [4.69, 9.17) is 4.74 Å². The molecule has 0 spiro atoms. The Balaban J connectivity index is 2.21. The van der Waals surface area contributed by atoms with E-state index in [9.17, 15) is 4.79 Å². The van der Waals surface area contributed by atoms with E-state index in [2.05, 4.69) is 26.6 Å². The number of nitrogens with one attached hydrogen (secondary N) is 2. The number of ether oxygens (including phenoxy) is 1. The summed E-state index contributed by atoms with van der Waals surface area (Å²) < 4.78 is 6.32. The molecule has 2 amide bonds. The quantitative estimate of drug-likeness (QED) is 0.773. The monoisotopic (exact) mass is 390 g/mol. The van der Waals surface area contributed by atoms with Gasteiger partial charge in [-0.05, 0) is 49.6 Å². The van der Waals surface area contributed by atoms with Gasteiger partial charge < -0.3 is 15.4 Å². The molecule has 0 saturated heterocycles. The van der Waals surface area contributed by atoms with Crippen molar-refractivity contribution in [3.63, 3.8) is 0 Å². The number of hydrogen-bond donors (Lipinski definition) is 2. The number of halogens is 1. The standard InChI is InChI=1S/C19H23BrN2O2/c1-13-10-16(20)11-14(2)17(13)21-18(23)22-19(3,12-24-4)15-8-6-5-7-9-15/h5-11H,12H2,1-4H3,(H2,21,22,23)/t19-/m1/s1. The van der Waals surface area contributed by atoms with E-state index in [1.54, 1.807) is 7.11 Å². The molecule has 24 heavy (non-hydrogen) atoms. The average Bonchev–Trinajstić information content (AvgIpc) is 2.52. The van der Waals surface area contributed by atoms with Gasteiger partial charge in [-0.15, -0.1) is 0 Å². The molecule has 2 aromatic rings. The Morgan fingerprint density at radius 1 is 1.17 bits per heavy atom. The minimum atomic E-state index is -0.614. The molecule has 0 fully saturated rings. The molecule has 0 bridgehead atoms. The fourth-order valence-electron chi connectivity index (χ4n) is 2.79. The zero-order valence-corrected chi connectivity index (χ0v) is 16.0. The average molecular weight is 391 g/mol. The fraction of sp³-hybridized carbons (Fsp3) is 0.316. The number of anilines is 1. The molecule has 2 rings (SSSR count). The number of urea groups is 1. The van der Waals surface area contributed by atoms with Crippen molar-refractivity contribution in [2.45, 2.75) is 26.3 Å². The van der Waals surface area contributed by atoms with E-state index < -0.39 is 5.54 Å². The molecular formula is C19H23BrN2O2. The largest absolute Gasteiger partial charge is 0.382 e. The lowest BCUT2D eigenvalue weighted by molar-refractivity contribution is 0.123. The Morgan fingerprint density at radius 3 is 2.29 bits per heavy atom. The molecule has 0 aromatic heterocycles. The van der Waals surface area contributed by atoms with Crippen molar-refractivity contribution in [2.24, 2.45) is 0 Å². The van der Waals surface area contributed by atoms with Gasteiger partial charge in [-0.25, -0.2) is 4.79 Å². The summed E-state index contributed by atoms with van der Waals surface area (Å²) in [5.74, 6) is 0. The second kappa shape index (κ2) is 7.81. The summed E-state index contributed by atoms with van der Waals surface area (Å²) in [5, 5.41) is 6.00. The van der Waals surface area contributed by atoms with Crippen molar-refractivity contribution in [3.05, 3.63) is 63.6 Å². The van der Waals surface area contributed by atoms with E-state index in [-0.39, 0.29) is 6.03 Å². The van der Waals surface area contributed by atoms with Crippen molar-refractivity contribution < 1.29 is 9.53 Å². The fourth-order valence-corrected chi connectivity index (χ4v) is 3.48. The number of carbonyl (C=O) groups is 1. The maximum atomic E-state index is 12.6. The highest BCUT2D eigenvalue weighted by atomic mass is 79.9. The smallest absolute Gasteiger partial charge is 0.320 e. The van der Waals surface area contributed by atoms with Gasteiger partial charge in [-0.2, -0.15) is 0 Å². The first-order valence-electron chi connectivity index (χ1n) is 7.76. The van der Waals surface area contributed by atoms with Crippen LogP contribution in [-0.2, 0) is 10.3 Å². The molecule has 0 saturated carbocycles. The molecule has 0 aliphatic heterocycles. The number of methoxy groups -OCH3 is 1. The van der Waals surface area contributed by atoms with E-state index >= 15 is 0 Å². The Hall–Kier alpha value is -1.85. The summed E-state index contributed by atoms with van der Waals surface area (Å²) in [7, 11) is 1.63. The Labute approximate surface area is 151 Å². The number of hydrogen-bond acceptors (Lipinski definition) is 2. The van der Waals surface area contributed by atoms with Crippen molar-refractivity contribution in [2.75, 3.05) is 19.0 Å². The maximum absolute atomic E-state index is 12.6. The van der Waals surface area contributed by atoms with E-state index in [1.165, 1.54) is 0 Å². The lowest BCUT2D eigenvalue weighted by Gasteiger charge is -2.31. The number of benzene rings is 2. The third-order valence-corrected chi connectivity index (χ3v) is 4.43. The van der Waals surface area contributed by atoms with Gasteiger partial charge in [0.2, 0.25) is 0 Å². The van der Waals surface area contributed by atoms with Gasteiger partial charge in [0.15, 0.2) is 0 Å². The van der Waals surface area contributed by atoms with Crippen LogP contribution in [0.25, 0.3) is 0 Å². The van der Waals surface area contributed by atoms with Crippen molar-refractivity contribution in [3.8, 4) is 0 Å². The van der Waals surface area contributed by atoms with Crippen LogP contribution in [0.5, 0.6) is 0 Å². The predicted molar refractivity (Wildman–Crippen MR) is 101 cm³/mol. The van der Waals surface area contributed by atoms with Crippen molar-refractivity contribution >= 4 is 27.6 Å². The number of rotatable bonds is 5. The molecular weight excluding hydrogens is 368 g/mol. The predicted octanol–water partition coefficient (Wildman–Crippen LogP) is 4.75. The number of aryl methyl sites for hydroxylation is 2. The summed E-state index contributed by atoms with van der Waals surface area (Å²) in [4.78, 5) is 12.6. The highest BCUT2D eigenvalue weighted by molar-refractivity contribution is 9.10. The third-order valence-electron chi connectivity index (χ3n) is 3.97. The van der Waals surface area contributed by atoms with Gasteiger partial charge in [0.1, 0.15) is 0 Å². The Kier molecular flexibility index (Phi) is 6.02. The molecule has 0 aliphatic rings. The van der Waals surface area contributed by atoms with Crippen LogP contribution >= 0.6 is 15.9 Å². The second-order valence-corrected chi connectivity index (χ2v) is 7.04. The van der Waals surface area contributed by atoms with Gasteiger partial charge in [-0.1, -0.05) is 46.3 Å². The molecule has 5 heteroatoms. The minimum Gasteiger partial charge on any atom is -0.382 e. The van der Waals surface area contributed by atoms with Gasteiger partial charge in [0.05, 0.1) is 12.1 Å². The van der Waals surface area contributed by atoms with Crippen LogP contribution in [0.4, 0.5) is 10.5 Å². The molecule has 1 atom stereocenters. The van der Waals surface area contributed by atoms with Crippen LogP contribution in [-0.4, -0.2) is 19.7 Å². The van der Waals surface area contributed by atoms with Crippen LogP contribution in [0.15, 0.2) is 46.9 Å². The minimum absolute atomic E-state index is 0.257. The third kappa shape index (κ3) is 4.36. The number of amides is 2. The van der Waals surface area contributed by atoms with Crippen LogP contribution < -0.4 is 10.6 Å². The summed E-state index contributed by atoms with van der Waals surface area (Å²) in [5.41, 5.74) is 3.21. The summed E-state index contributed by atoms with van der Waals surface area (Å²) >= 11 is 3.47. The normalized spacial score (nSPS) is 13.2. The first-order valence-corrected chi connectivity index (χ1v) is 8.55. The highest BCUT2D eigenvalue weighted by Crippen LogP contribution is 2.26. The Bertz CT molecular complexity index is 696. The van der Waals surface area contributed by atoms with Crippen LogP contribution in [0.2, 0.25) is 0 Å². The van der Waals surface area contributed by atoms with E-state index in [1.807, 2.05) is 63.2 Å². The molecule has 0 heterocycles. The van der Waals surface area contributed by atoms with Gasteiger partial charge in [0, 0.05) is 17.3 Å². The number of carbonyl (C=O) groups excluding carboxylic acids is 1. The van der Waals surface area contributed by atoms with Gasteiger partial charge >= 0.3 is 6.03 Å². The lowest BCUT2D eigenvalue weighted by atomic mass is 9.93. The van der Waals surface area contributed by atoms with Crippen molar-refractivity contribution in [1.82, 2.24) is 5.32 Å². The SMILES string of the molecule is COC[C@@](C)(NC(=O)Nc1c(C)cc(Br)cc1C)c1ccccc1. The summed E-state index contributed by atoms with van der Waals surface area (Å²) in [6, 6.07) is 13.5. The molecule has 128 valence electrons. The van der Waals surface area contributed by atoms with Crippen molar-refractivity contribution in [1.29, 1.82) is 0 Å². The van der Waals surface area contributed by atoms with Gasteiger partial charge in [0.25, 0.3) is 0 Å². The first-order chi connectivity index (χ1) is 11.4. The second-order valence-electron chi connectivity index (χ2n) is 6.12. The van der Waals surface area contributed by atoms with Gasteiger partial charge in [-0.3, -0.25) is 0 Å². The zero-order valence-electron chi connectivity index (χ0n) is 14.4.